The second kappa shape index (κ2) is 8.74. The predicted octanol–water partition coefficient (Wildman–Crippen LogP) is 5.66. The summed E-state index contributed by atoms with van der Waals surface area (Å²) in [6.45, 7) is 8.33. The number of hydrogen-bond acceptors (Lipinski definition) is 3. The molecule has 5 nitrogen and oxygen atoms in total. The van der Waals surface area contributed by atoms with Crippen molar-refractivity contribution in [2.24, 2.45) is 5.41 Å². The molecular weight excluding hydrogens is 432 g/mol. The molecule has 2 saturated heterocycles. The molecule has 2 aliphatic heterocycles. The summed E-state index contributed by atoms with van der Waals surface area (Å²) in [5.74, 6) is 0.420. The van der Waals surface area contributed by atoms with Crippen molar-refractivity contribution in [3.8, 4) is 0 Å². The molecule has 1 spiro atoms. The van der Waals surface area contributed by atoms with E-state index in [2.05, 4.69) is 55.4 Å². The van der Waals surface area contributed by atoms with E-state index in [-0.39, 0.29) is 29.4 Å². The standard InChI is InChI=1S/C27H37ClN4O/c1-26(2,3)32-15-11-22(30-32)21-17-23(29-24(21)19-7-9-20(28)10-8-19)25(33)31-16-14-27(18-31)12-5-4-6-13-27/h7-11,15,21,23-24,29H,4-6,12-14,16-18H2,1-3H3/t21-,23+,24+/m1/s1. The molecule has 5 rings (SSSR count). The van der Waals surface area contributed by atoms with Crippen molar-refractivity contribution in [1.29, 1.82) is 0 Å². The van der Waals surface area contributed by atoms with Gasteiger partial charge in [-0.2, -0.15) is 5.10 Å². The maximum atomic E-state index is 13.7. The fraction of sp³-hybridized carbons (Fsp3) is 0.630. The van der Waals surface area contributed by atoms with E-state index >= 15 is 0 Å². The Hall–Kier alpha value is -1.85. The van der Waals surface area contributed by atoms with E-state index in [4.69, 9.17) is 16.7 Å². The zero-order valence-corrected chi connectivity index (χ0v) is 20.9. The third-order valence-corrected chi connectivity index (χ3v) is 8.39. The van der Waals surface area contributed by atoms with Gasteiger partial charge in [0, 0.05) is 36.3 Å². The Bertz CT molecular complexity index is 986. The van der Waals surface area contributed by atoms with E-state index in [0.29, 0.717) is 5.41 Å². The summed E-state index contributed by atoms with van der Waals surface area (Å²) in [6.07, 6.45) is 10.6. The Morgan fingerprint density at radius 1 is 1.09 bits per heavy atom. The predicted molar refractivity (Wildman–Crippen MR) is 132 cm³/mol. The average Bonchev–Trinajstić information content (AvgIpc) is 3.52. The minimum absolute atomic E-state index is 0.0470. The highest BCUT2D eigenvalue weighted by Gasteiger charge is 2.45. The molecule has 178 valence electrons. The molecule has 1 saturated carbocycles. The molecule has 3 aliphatic rings. The monoisotopic (exact) mass is 468 g/mol. The molecule has 1 N–H and O–H groups in total. The lowest BCUT2D eigenvalue weighted by Gasteiger charge is -2.33. The molecule has 1 amide bonds. The quantitative estimate of drug-likeness (QED) is 0.632. The fourth-order valence-corrected chi connectivity index (χ4v) is 6.34. The average molecular weight is 469 g/mol. The van der Waals surface area contributed by atoms with Crippen molar-refractivity contribution in [2.45, 2.75) is 89.3 Å². The van der Waals surface area contributed by atoms with Gasteiger partial charge in [-0.25, -0.2) is 0 Å². The van der Waals surface area contributed by atoms with E-state index < -0.39 is 0 Å². The normalized spacial score (nSPS) is 27.4. The Morgan fingerprint density at radius 3 is 2.48 bits per heavy atom. The Labute approximate surface area is 202 Å². The number of halogens is 1. The highest BCUT2D eigenvalue weighted by molar-refractivity contribution is 6.30. The maximum Gasteiger partial charge on any atom is 0.239 e. The molecule has 6 heteroatoms. The lowest BCUT2D eigenvalue weighted by atomic mass is 9.73. The van der Waals surface area contributed by atoms with Gasteiger partial charge in [-0.05, 0) is 75.6 Å². The summed E-state index contributed by atoms with van der Waals surface area (Å²) in [7, 11) is 0. The van der Waals surface area contributed by atoms with Crippen LogP contribution in [0.2, 0.25) is 5.02 Å². The summed E-state index contributed by atoms with van der Waals surface area (Å²) in [5.41, 5.74) is 2.53. The maximum absolute atomic E-state index is 13.7. The summed E-state index contributed by atoms with van der Waals surface area (Å²) < 4.78 is 2.03. The van der Waals surface area contributed by atoms with Gasteiger partial charge in [-0.1, -0.05) is 43.0 Å². The summed E-state index contributed by atoms with van der Waals surface area (Å²) in [4.78, 5) is 15.8. The smallest absolute Gasteiger partial charge is 0.239 e. The lowest BCUT2D eigenvalue weighted by molar-refractivity contribution is -0.132. The van der Waals surface area contributed by atoms with Crippen molar-refractivity contribution >= 4 is 17.5 Å². The van der Waals surface area contributed by atoms with Crippen LogP contribution in [-0.4, -0.2) is 39.7 Å². The Balaban J connectivity index is 1.38. The van der Waals surface area contributed by atoms with E-state index in [1.54, 1.807) is 0 Å². The second-order valence-electron chi connectivity index (χ2n) is 11.5. The first-order chi connectivity index (χ1) is 15.7. The Morgan fingerprint density at radius 2 is 1.82 bits per heavy atom. The van der Waals surface area contributed by atoms with Crippen molar-refractivity contribution in [3.63, 3.8) is 0 Å². The number of amides is 1. The van der Waals surface area contributed by atoms with Crippen LogP contribution in [0.1, 0.15) is 88.9 Å². The van der Waals surface area contributed by atoms with Crippen molar-refractivity contribution in [3.05, 3.63) is 52.8 Å². The molecule has 33 heavy (non-hydrogen) atoms. The molecule has 3 heterocycles. The van der Waals surface area contributed by atoms with Gasteiger partial charge in [-0.15, -0.1) is 0 Å². The summed E-state index contributed by atoms with van der Waals surface area (Å²) >= 11 is 6.16. The molecule has 3 atom stereocenters. The number of benzene rings is 1. The molecule has 0 bridgehead atoms. The number of nitrogens with one attached hydrogen (secondary N) is 1. The van der Waals surface area contributed by atoms with Crippen molar-refractivity contribution < 1.29 is 4.79 Å². The topological polar surface area (TPSA) is 50.2 Å². The van der Waals surface area contributed by atoms with Crippen LogP contribution in [0.15, 0.2) is 36.5 Å². The van der Waals surface area contributed by atoms with Crippen LogP contribution in [0.25, 0.3) is 0 Å². The van der Waals surface area contributed by atoms with Crippen LogP contribution in [0, 0.1) is 5.41 Å². The van der Waals surface area contributed by atoms with Crippen molar-refractivity contribution in [1.82, 2.24) is 20.0 Å². The van der Waals surface area contributed by atoms with Crippen molar-refractivity contribution in [2.75, 3.05) is 13.1 Å². The lowest BCUT2D eigenvalue weighted by Crippen LogP contribution is -2.44. The minimum atomic E-state index is -0.172. The van der Waals surface area contributed by atoms with Crippen LogP contribution in [0.3, 0.4) is 0 Å². The van der Waals surface area contributed by atoms with E-state index in [9.17, 15) is 4.79 Å². The zero-order chi connectivity index (χ0) is 23.2. The highest BCUT2D eigenvalue weighted by Crippen LogP contribution is 2.45. The number of hydrogen-bond donors (Lipinski definition) is 1. The zero-order valence-electron chi connectivity index (χ0n) is 20.2. The van der Waals surface area contributed by atoms with Gasteiger partial charge in [0.1, 0.15) is 0 Å². The third kappa shape index (κ3) is 4.59. The molecule has 3 fully saturated rings. The molecule has 1 aromatic heterocycles. The largest absolute Gasteiger partial charge is 0.341 e. The number of carbonyl (C=O) groups is 1. The Kier molecular flexibility index (Phi) is 6.07. The first kappa shape index (κ1) is 22.9. The molecular formula is C27H37ClN4O. The van der Waals surface area contributed by atoms with Gasteiger partial charge in [0.05, 0.1) is 17.3 Å². The van der Waals surface area contributed by atoms with Crippen LogP contribution in [-0.2, 0) is 10.3 Å². The third-order valence-electron chi connectivity index (χ3n) is 8.14. The van der Waals surface area contributed by atoms with Gasteiger partial charge in [-0.3, -0.25) is 14.8 Å². The van der Waals surface area contributed by atoms with Crippen LogP contribution in [0.4, 0.5) is 0 Å². The van der Waals surface area contributed by atoms with E-state index in [1.807, 2.05) is 16.8 Å². The molecule has 0 radical (unpaired) electrons. The highest BCUT2D eigenvalue weighted by atomic mass is 35.5. The molecule has 2 aromatic rings. The van der Waals surface area contributed by atoms with E-state index in [1.165, 1.54) is 38.5 Å². The second-order valence-corrected chi connectivity index (χ2v) is 12.0. The first-order valence-electron chi connectivity index (χ1n) is 12.6. The van der Waals surface area contributed by atoms with Crippen LogP contribution in [0.5, 0.6) is 0 Å². The number of aromatic nitrogens is 2. The number of likely N-dealkylation sites (tertiary alicyclic amines) is 1. The van der Waals surface area contributed by atoms with E-state index in [0.717, 1.165) is 35.8 Å². The van der Waals surface area contributed by atoms with Gasteiger partial charge < -0.3 is 4.90 Å². The number of nitrogens with zero attached hydrogens (tertiary/aromatic N) is 3. The van der Waals surface area contributed by atoms with Gasteiger partial charge in [0.2, 0.25) is 5.91 Å². The van der Waals surface area contributed by atoms with Crippen LogP contribution < -0.4 is 5.32 Å². The van der Waals surface area contributed by atoms with Gasteiger partial charge in [0.15, 0.2) is 0 Å². The minimum Gasteiger partial charge on any atom is -0.341 e. The molecule has 1 aromatic carbocycles. The number of rotatable bonds is 3. The fourth-order valence-electron chi connectivity index (χ4n) is 6.22. The first-order valence-corrected chi connectivity index (χ1v) is 13.0. The summed E-state index contributed by atoms with van der Waals surface area (Å²) in [6, 6.07) is 10.0. The van der Waals surface area contributed by atoms with Gasteiger partial charge >= 0.3 is 0 Å². The molecule has 1 aliphatic carbocycles. The van der Waals surface area contributed by atoms with Crippen LogP contribution >= 0.6 is 11.6 Å². The number of carbonyl (C=O) groups excluding carboxylic acids is 1. The van der Waals surface area contributed by atoms with Gasteiger partial charge in [0.25, 0.3) is 0 Å². The SMILES string of the molecule is CC(C)(C)n1ccc([C@H]2C[C@@H](C(=O)N3CCC4(CCCCC4)C3)N[C@H]2c2ccc(Cl)cc2)n1. The summed E-state index contributed by atoms with van der Waals surface area (Å²) in [5, 5.41) is 9.38. The molecule has 0 unspecified atom stereocenters.